The second-order valence-electron chi connectivity index (χ2n) is 7.76. The molecule has 0 bridgehead atoms. The minimum Gasteiger partial charge on any atom is -0.327 e. The van der Waals surface area contributed by atoms with Crippen LogP contribution in [0.15, 0.2) is 47.4 Å². The first kappa shape index (κ1) is 17.0. The zero-order chi connectivity index (χ0) is 18.1. The maximum absolute atomic E-state index is 13.2. The van der Waals surface area contributed by atoms with E-state index in [1.54, 1.807) is 19.2 Å². The molecule has 26 heavy (non-hydrogen) atoms. The molecule has 1 saturated heterocycles. The highest BCUT2D eigenvalue weighted by Gasteiger charge is 2.54. The SMILES string of the molecule is Cc1cc(NC(=O)[C@@]23CCC[C@@H]2CN(Cc2ccccc2)C3)c[nH]c1=O. The van der Waals surface area contributed by atoms with Crippen LogP contribution < -0.4 is 10.9 Å². The minimum atomic E-state index is -0.307. The van der Waals surface area contributed by atoms with Crippen LogP contribution in [0, 0.1) is 18.3 Å². The van der Waals surface area contributed by atoms with E-state index in [-0.39, 0.29) is 16.9 Å². The molecule has 1 amide bonds. The number of rotatable bonds is 4. The van der Waals surface area contributed by atoms with Gasteiger partial charge in [-0.3, -0.25) is 14.5 Å². The molecule has 0 unspecified atom stereocenters. The van der Waals surface area contributed by atoms with Crippen molar-refractivity contribution in [2.45, 2.75) is 32.7 Å². The van der Waals surface area contributed by atoms with Gasteiger partial charge >= 0.3 is 0 Å². The number of H-pyrrole nitrogens is 1. The zero-order valence-corrected chi connectivity index (χ0v) is 15.1. The summed E-state index contributed by atoms with van der Waals surface area (Å²) in [6.45, 7) is 4.43. The van der Waals surface area contributed by atoms with Crippen LogP contribution in [-0.4, -0.2) is 28.9 Å². The van der Waals surface area contributed by atoms with Crippen LogP contribution >= 0.6 is 0 Å². The van der Waals surface area contributed by atoms with E-state index in [1.165, 1.54) is 5.56 Å². The Kier molecular flexibility index (Phi) is 4.41. The van der Waals surface area contributed by atoms with Crippen LogP contribution in [0.4, 0.5) is 5.69 Å². The second-order valence-corrected chi connectivity index (χ2v) is 7.76. The van der Waals surface area contributed by atoms with Crippen molar-refractivity contribution in [2.75, 3.05) is 18.4 Å². The van der Waals surface area contributed by atoms with Crippen molar-refractivity contribution in [3.8, 4) is 0 Å². The first-order valence-electron chi connectivity index (χ1n) is 9.34. The second kappa shape index (κ2) is 6.72. The molecule has 2 aliphatic rings. The highest BCUT2D eigenvalue weighted by molar-refractivity contribution is 5.96. The number of nitrogens with zero attached hydrogens (tertiary/aromatic N) is 1. The van der Waals surface area contributed by atoms with Gasteiger partial charge in [0, 0.05) is 31.4 Å². The number of carbonyl (C=O) groups excluding carboxylic acids is 1. The predicted molar refractivity (Wildman–Crippen MR) is 102 cm³/mol. The number of aromatic amines is 1. The fraction of sp³-hybridized carbons (Fsp3) is 0.429. The van der Waals surface area contributed by atoms with Crippen LogP contribution in [0.2, 0.25) is 0 Å². The van der Waals surface area contributed by atoms with Crippen LogP contribution in [-0.2, 0) is 11.3 Å². The van der Waals surface area contributed by atoms with Crippen molar-refractivity contribution in [2.24, 2.45) is 11.3 Å². The fourth-order valence-electron chi connectivity index (χ4n) is 4.65. The number of aryl methyl sites for hydroxylation is 1. The molecule has 136 valence electrons. The lowest BCUT2D eigenvalue weighted by Crippen LogP contribution is -2.40. The Morgan fingerprint density at radius 3 is 2.92 bits per heavy atom. The summed E-state index contributed by atoms with van der Waals surface area (Å²) in [5, 5.41) is 3.06. The molecule has 1 aliphatic heterocycles. The Bertz CT molecular complexity index is 861. The number of hydrogen-bond acceptors (Lipinski definition) is 3. The topological polar surface area (TPSA) is 65.2 Å². The highest BCUT2D eigenvalue weighted by atomic mass is 16.2. The van der Waals surface area contributed by atoms with Gasteiger partial charge in [-0.25, -0.2) is 0 Å². The van der Waals surface area contributed by atoms with E-state index in [2.05, 4.69) is 39.5 Å². The van der Waals surface area contributed by atoms with E-state index in [4.69, 9.17) is 0 Å². The first-order chi connectivity index (χ1) is 12.6. The highest BCUT2D eigenvalue weighted by Crippen LogP contribution is 2.49. The number of pyridine rings is 1. The molecule has 0 spiro atoms. The Balaban J connectivity index is 1.50. The maximum atomic E-state index is 13.2. The van der Waals surface area contributed by atoms with Gasteiger partial charge in [0.25, 0.3) is 5.56 Å². The summed E-state index contributed by atoms with van der Waals surface area (Å²) in [6, 6.07) is 12.2. The van der Waals surface area contributed by atoms with E-state index < -0.39 is 0 Å². The Morgan fingerprint density at radius 2 is 2.15 bits per heavy atom. The molecule has 5 nitrogen and oxygen atoms in total. The van der Waals surface area contributed by atoms with E-state index in [0.717, 1.165) is 38.9 Å². The van der Waals surface area contributed by atoms with Crippen molar-refractivity contribution in [1.82, 2.24) is 9.88 Å². The lowest BCUT2D eigenvalue weighted by Gasteiger charge is -2.27. The maximum Gasteiger partial charge on any atom is 0.250 e. The van der Waals surface area contributed by atoms with Crippen molar-refractivity contribution in [3.63, 3.8) is 0 Å². The van der Waals surface area contributed by atoms with Crippen LogP contribution in [0.5, 0.6) is 0 Å². The third kappa shape index (κ3) is 3.07. The number of likely N-dealkylation sites (tertiary alicyclic amines) is 1. The molecule has 2 atom stereocenters. The quantitative estimate of drug-likeness (QED) is 0.890. The van der Waals surface area contributed by atoms with Crippen molar-refractivity contribution in [3.05, 3.63) is 64.1 Å². The van der Waals surface area contributed by atoms with E-state index in [1.807, 2.05) is 6.07 Å². The van der Waals surface area contributed by atoms with Crippen LogP contribution in [0.3, 0.4) is 0 Å². The summed E-state index contributed by atoms with van der Waals surface area (Å²) in [4.78, 5) is 29.8. The van der Waals surface area contributed by atoms with E-state index >= 15 is 0 Å². The van der Waals surface area contributed by atoms with Gasteiger partial charge in [0.2, 0.25) is 5.91 Å². The molecular formula is C21H25N3O2. The summed E-state index contributed by atoms with van der Waals surface area (Å²) in [5.74, 6) is 0.511. The third-order valence-electron chi connectivity index (χ3n) is 5.99. The molecule has 1 aromatic heterocycles. The van der Waals surface area contributed by atoms with Gasteiger partial charge in [0.1, 0.15) is 0 Å². The molecule has 2 fully saturated rings. The standard InChI is InChI=1S/C21H25N3O2/c1-15-10-18(11-22-19(15)25)23-20(26)21-9-5-8-17(21)13-24(14-21)12-16-6-3-2-4-7-16/h2-4,6-7,10-11,17H,5,8-9,12-14H2,1H3,(H,22,25)(H,23,26)/t17-,21-/m1/s1. The summed E-state index contributed by atoms with van der Waals surface area (Å²) in [6.07, 6.45) is 4.76. The van der Waals surface area contributed by atoms with Crippen molar-refractivity contribution in [1.29, 1.82) is 0 Å². The molecule has 1 saturated carbocycles. The van der Waals surface area contributed by atoms with Gasteiger partial charge in [-0.2, -0.15) is 0 Å². The summed E-state index contributed by atoms with van der Waals surface area (Å²) in [7, 11) is 0. The molecule has 4 rings (SSSR count). The van der Waals surface area contributed by atoms with E-state index in [9.17, 15) is 9.59 Å². The Labute approximate surface area is 153 Å². The van der Waals surface area contributed by atoms with Gasteiger partial charge in [-0.1, -0.05) is 36.8 Å². The molecule has 2 N–H and O–H groups in total. The first-order valence-corrected chi connectivity index (χ1v) is 9.34. The predicted octanol–water partition coefficient (Wildman–Crippen LogP) is 2.92. The number of amides is 1. The van der Waals surface area contributed by atoms with Gasteiger partial charge in [-0.05, 0) is 37.3 Å². The molecule has 1 aliphatic carbocycles. The monoisotopic (exact) mass is 351 g/mol. The number of carbonyl (C=O) groups is 1. The number of aromatic nitrogens is 1. The normalized spacial score (nSPS) is 25.2. The Morgan fingerprint density at radius 1 is 1.35 bits per heavy atom. The third-order valence-corrected chi connectivity index (χ3v) is 5.99. The van der Waals surface area contributed by atoms with Gasteiger partial charge in [0.15, 0.2) is 0 Å². The van der Waals surface area contributed by atoms with Gasteiger partial charge in [0.05, 0.1) is 11.1 Å². The number of anilines is 1. The summed E-state index contributed by atoms with van der Waals surface area (Å²) in [5.41, 5.74) is 2.15. The number of nitrogens with one attached hydrogen (secondary N) is 2. The van der Waals surface area contributed by atoms with E-state index in [0.29, 0.717) is 17.2 Å². The molecule has 2 aromatic rings. The van der Waals surface area contributed by atoms with Gasteiger partial charge in [-0.15, -0.1) is 0 Å². The zero-order valence-electron chi connectivity index (χ0n) is 15.1. The Hall–Kier alpha value is -2.40. The van der Waals surface area contributed by atoms with Crippen molar-refractivity contribution >= 4 is 11.6 Å². The fourth-order valence-corrected chi connectivity index (χ4v) is 4.65. The molecular weight excluding hydrogens is 326 g/mol. The summed E-state index contributed by atoms with van der Waals surface area (Å²) < 4.78 is 0. The average Bonchev–Trinajstić information content (AvgIpc) is 3.17. The smallest absolute Gasteiger partial charge is 0.250 e. The van der Waals surface area contributed by atoms with Gasteiger partial charge < -0.3 is 10.3 Å². The molecule has 1 aromatic carbocycles. The number of fused-ring (bicyclic) bond motifs is 1. The van der Waals surface area contributed by atoms with Crippen LogP contribution in [0.1, 0.15) is 30.4 Å². The van der Waals surface area contributed by atoms with Crippen molar-refractivity contribution < 1.29 is 4.79 Å². The van der Waals surface area contributed by atoms with Crippen LogP contribution in [0.25, 0.3) is 0 Å². The molecule has 5 heteroatoms. The number of hydrogen-bond donors (Lipinski definition) is 2. The average molecular weight is 351 g/mol. The minimum absolute atomic E-state index is 0.0991. The molecule has 2 heterocycles. The lowest BCUT2D eigenvalue weighted by atomic mass is 9.79. The lowest BCUT2D eigenvalue weighted by molar-refractivity contribution is -0.126. The number of benzene rings is 1. The molecule has 0 radical (unpaired) electrons. The largest absolute Gasteiger partial charge is 0.327 e. The summed E-state index contributed by atoms with van der Waals surface area (Å²) >= 11 is 0.